The van der Waals surface area contributed by atoms with Crippen LogP contribution >= 0.6 is 0 Å². The Balaban J connectivity index is 1.97. The SMILES string of the molecule is CCN(CC)C(=O)C1=CCCN(NC(=O)c2ccncc2)C1. The number of carbonyl (C=O) groups excluding carboxylic acids is 2. The molecule has 6 heteroatoms. The first kappa shape index (κ1) is 16.2. The second kappa shape index (κ2) is 7.70. The summed E-state index contributed by atoms with van der Waals surface area (Å²) in [5, 5.41) is 1.79. The van der Waals surface area contributed by atoms with Crippen LogP contribution in [0.3, 0.4) is 0 Å². The first-order valence-corrected chi connectivity index (χ1v) is 7.60. The summed E-state index contributed by atoms with van der Waals surface area (Å²) in [6, 6.07) is 3.33. The van der Waals surface area contributed by atoms with Gasteiger partial charge in [-0.2, -0.15) is 0 Å². The quantitative estimate of drug-likeness (QED) is 0.888. The van der Waals surface area contributed by atoms with Crippen LogP contribution in [-0.2, 0) is 4.79 Å². The van der Waals surface area contributed by atoms with E-state index >= 15 is 0 Å². The number of hydrogen-bond acceptors (Lipinski definition) is 4. The van der Waals surface area contributed by atoms with E-state index in [1.165, 1.54) is 0 Å². The van der Waals surface area contributed by atoms with E-state index in [9.17, 15) is 9.59 Å². The van der Waals surface area contributed by atoms with Crippen molar-refractivity contribution in [3.63, 3.8) is 0 Å². The van der Waals surface area contributed by atoms with Gasteiger partial charge in [0.15, 0.2) is 0 Å². The predicted octanol–water partition coefficient (Wildman–Crippen LogP) is 1.23. The van der Waals surface area contributed by atoms with Gasteiger partial charge in [0.25, 0.3) is 11.8 Å². The summed E-state index contributed by atoms with van der Waals surface area (Å²) in [5.74, 6) is -0.133. The van der Waals surface area contributed by atoms with Crippen LogP contribution in [0.25, 0.3) is 0 Å². The van der Waals surface area contributed by atoms with Crippen LogP contribution in [0.5, 0.6) is 0 Å². The molecule has 0 radical (unpaired) electrons. The van der Waals surface area contributed by atoms with E-state index in [1.54, 1.807) is 34.4 Å². The van der Waals surface area contributed by atoms with Crippen LogP contribution in [0.4, 0.5) is 0 Å². The van der Waals surface area contributed by atoms with Crippen molar-refractivity contribution >= 4 is 11.8 Å². The van der Waals surface area contributed by atoms with Gasteiger partial charge in [-0.25, -0.2) is 5.01 Å². The topological polar surface area (TPSA) is 65.5 Å². The Hall–Kier alpha value is -2.21. The van der Waals surface area contributed by atoms with Gasteiger partial charge in [0.1, 0.15) is 0 Å². The number of amides is 2. The highest BCUT2D eigenvalue weighted by atomic mass is 16.2. The van der Waals surface area contributed by atoms with Crippen molar-refractivity contribution in [3.05, 3.63) is 41.7 Å². The van der Waals surface area contributed by atoms with Crippen LogP contribution in [-0.4, -0.2) is 52.9 Å². The Bertz CT molecular complexity index is 553. The molecule has 0 aliphatic carbocycles. The normalized spacial score (nSPS) is 15.1. The molecule has 0 fully saturated rings. The Kier molecular flexibility index (Phi) is 5.66. The zero-order valence-corrected chi connectivity index (χ0v) is 13.1. The second-order valence-corrected chi connectivity index (χ2v) is 5.09. The lowest BCUT2D eigenvalue weighted by molar-refractivity contribution is -0.127. The molecule has 0 aromatic carbocycles. The standard InChI is InChI=1S/C16H22N4O2/c1-3-19(4-2)16(22)14-6-5-11-20(12-14)18-15(21)13-7-9-17-10-8-13/h6-10H,3-5,11-12H2,1-2H3,(H,18,21). The summed E-state index contributed by atoms with van der Waals surface area (Å²) < 4.78 is 0. The molecule has 22 heavy (non-hydrogen) atoms. The maximum atomic E-state index is 12.4. The third-order valence-corrected chi connectivity index (χ3v) is 3.68. The van der Waals surface area contributed by atoms with E-state index in [2.05, 4.69) is 10.4 Å². The van der Waals surface area contributed by atoms with Crippen molar-refractivity contribution in [2.45, 2.75) is 20.3 Å². The third-order valence-electron chi connectivity index (χ3n) is 3.68. The summed E-state index contributed by atoms with van der Waals surface area (Å²) >= 11 is 0. The Labute approximate surface area is 130 Å². The van der Waals surface area contributed by atoms with Crippen molar-refractivity contribution < 1.29 is 9.59 Å². The van der Waals surface area contributed by atoms with Crippen molar-refractivity contribution in [2.24, 2.45) is 0 Å². The Morgan fingerprint density at radius 3 is 2.59 bits per heavy atom. The lowest BCUT2D eigenvalue weighted by atomic mass is 10.1. The zero-order chi connectivity index (χ0) is 15.9. The van der Waals surface area contributed by atoms with E-state index in [-0.39, 0.29) is 11.8 Å². The number of hydrazine groups is 1. The minimum Gasteiger partial charge on any atom is -0.339 e. The fourth-order valence-electron chi connectivity index (χ4n) is 2.42. The number of likely N-dealkylation sites (N-methyl/N-ethyl adjacent to an activating group) is 1. The van der Waals surface area contributed by atoms with Gasteiger partial charge < -0.3 is 4.90 Å². The molecule has 1 aliphatic heterocycles. The highest BCUT2D eigenvalue weighted by molar-refractivity contribution is 5.95. The Morgan fingerprint density at radius 2 is 1.95 bits per heavy atom. The summed E-state index contributed by atoms with van der Waals surface area (Å²) in [6.45, 7) is 6.45. The summed E-state index contributed by atoms with van der Waals surface area (Å²) in [7, 11) is 0. The van der Waals surface area contributed by atoms with E-state index in [0.29, 0.717) is 31.7 Å². The molecule has 2 rings (SSSR count). The van der Waals surface area contributed by atoms with E-state index in [4.69, 9.17) is 0 Å². The highest BCUT2D eigenvalue weighted by Crippen LogP contribution is 2.11. The number of aromatic nitrogens is 1. The van der Waals surface area contributed by atoms with Crippen LogP contribution in [0.1, 0.15) is 30.6 Å². The number of nitrogens with zero attached hydrogens (tertiary/aromatic N) is 3. The number of rotatable bonds is 5. The lowest BCUT2D eigenvalue weighted by Crippen LogP contribution is -2.47. The van der Waals surface area contributed by atoms with E-state index < -0.39 is 0 Å². The van der Waals surface area contributed by atoms with Crippen molar-refractivity contribution in [1.29, 1.82) is 0 Å². The zero-order valence-electron chi connectivity index (χ0n) is 13.1. The van der Waals surface area contributed by atoms with Gasteiger partial charge in [-0.1, -0.05) is 6.08 Å². The number of carbonyl (C=O) groups is 2. The van der Waals surface area contributed by atoms with E-state index in [1.807, 2.05) is 19.9 Å². The summed E-state index contributed by atoms with van der Waals surface area (Å²) in [4.78, 5) is 30.2. The highest BCUT2D eigenvalue weighted by Gasteiger charge is 2.22. The Morgan fingerprint density at radius 1 is 1.27 bits per heavy atom. The molecule has 0 saturated heterocycles. The first-order chi connectivity index (χ1) is 10.7. The number of nitrogens with one attached hydrogen (secondary N) is 1. The largest absolute Gasteiger partial charge is 0.339 e. The predicted molar refractivity (Wildman–Crippen MR) is 83.9 cm³/mol. The lowest BCUT2D eigenvalue weighted by Gasteiger charge is -2.29. The smallest absolute Gasteiger partial charge is 0.265 e. The molecular formula is C16H22N4O2. The van der Waals surface area contributed by atoms with Crippen LogP contribution in [0, 0.1) is 0 Å². The second-order valence-electron chi connectivity index (χ2n) is 5.09. The van der Waals surface area contributed by atoms with Gasteiger partial charge in [0.2, 0.25) is 0 Å². The minimum absolute atomic E-state index is 0.0489. The fourth-order valence-corrected chi connectivity index (χ4v) is 2.42. The molecule has 1 aliphatic rings. The third kappa shape index (κ3) is 3.92. The maximum absolute atomic E-state index is 12.4. The van der Waals surface area contributed by atoms with Gasteiger partial charge in [-0.3, -0.25) is 20.0 Å². The average molecular weight is 302 g/mol. The van der Waals surface area contributed by atoms with Crippen LogP contribution in [0.2, 0.25) is 0 Å². The molecule has 0 unspecified atom stereocenters. The maximum Gasteiger partial charge on any atom is 0.265 e. The van der Waals surface area contributed by atoms with E-state index in [0.717, 1.165) is 12.0 Å². The van der Waals surface area contributed by atoms with Crippen molar-refractivity contribution in [1.82, 2.24) is 20.3 Å². The number of pyridine rings is 1. The van der Waals surface area contributed by atoms with Gasteiger partial charge in [0.05, 0.1) is 0 Å². The first-order valence-electron chi connectivity index (χ1n) is 7.60. The molecule has 1 N–H and O–H groups in total. The van der Waals surface area contributed by atoms with Gasteiger partial charge in [-0.05, 0) is 32.4 Å². The summed E-state index contributed by atoms with van der Waals surface area (Å²) in [5.41, 5.74) is 4.15. The minimum atomic E-state index is -0.182. The van der Waals surface area contributed by atoms with Gasteiger partial charge in [0, 0.05) is 49.7 Å². The van der Waals surface area contributed by atoms with Crippen LogP contribution < -0.4 is 5.43 Å². The molecular weight excluding hydrogens is 280 g/mol. The molecule has 2 heterocycles. The molecule has 0 spiro atoms. The molecule has 6 nitrogen and oxygen atoms in total. The number of hydrogen-bond donors (Lipinski definition) is 1. The van der Waals surface area contributed by atoms with Gasteiger partial charge >= 0.3 is 0 Å². The molecule has 1 aromatic rings. The van der Waals surface area contributed by atoms with Gasteiger partial charge in [-0.15, -0.1) is 0 Å². The molecule has 0 atom stereocenters. The average Bonchev–Trinajstić information content (AvgIpc) is 2.57. The molecule has 2 amide bonds. The fraction of sp³-hybridized carbons (Fsp3) is 0.438. The molecule has 0 bridgehead atoms. The monoisotopic (exact) mass is 302 g/mol. The van der Waals surface area contributed by atoms with Crippen molar-refractivity contribution in [3.8, 4) is 0 Å². The van der Waals surface area contributed by atoms with Crippen LogP contribution in [0.15, 0.2) is 36.2 Å². The molecule has 1 aromatic heterocycles. The van der Waals surface area contributed by atoms with Crippen molar-refractivity contribution in [2.75, 3.05) is 26.2 Å². The molecule has 118 valence electrons. The molecule has 0 saturated carbocycles. The summed E-state index contributed by atoms with van der Waals surface area (Å²) in [6.07, 6.45) is 5.88.